The molecule has 38 heavy (non-hydrogen) atoms. The molecular formula is C28H30F3N5O2. The van der Waals surface area contributed by atoms with Gasteiger partial charge < -0.3 is 10.2 Å². The van der Waals surface area contributed by atoms with Gasteiger partial charge in [-0.3, -0.25) is 14.6 Å². The number of carbonyl (C=O) groups excluding carboxylic acids is 1. The van der Waals surface area contributed by atoms with E-state index in [1.54, 1.807) is 42.9 Å². The van der Waals surface area contributed by atoms with Crippen LogP contribution in [0.15, 0.2) is 65.6 Å². The number of allylic oxidation sites excluding steroid dienone is 1. The van der Waals surface area contributed by atoms with E-state index in [1.807, 2.05) is 19.1 Å². The van der Waals surface area contributed by atoms with E-state index >= 15 is 0 Å². The van der Waals surface area contributed by atoms with Crippen molar-refractivity contribution in [2.24, 2.45) is 0 Å². The van der Waals surface area contributed by atoms with Crippen molar-refractivity contribution in [2.75, 3.05) is 23.9 Å². The molecule has 200 valence electrons. The minimum atomic E-state index is -4.42. The Labute approximate surface area is 219 Å². The Bertz CT molecular complexity index is 1410. The highest BCUT2D eigenvalue weighted by atomic mass is 19.4. The highest BCUT2D eigenvalue weighted by molar-refractivity contribution is 5.94. The van der Waals surface area contributed by atoms with Crippen molar-refractivity contribution in [3.8, 4) is 0 Å². The van der Waals surface area contributed by atoms with Crippen LogP contribution >= 0.6 is 0 Å². The van der Waals surface area contributed by atoms with E-state index in [9.17, 15) is 22.8 Å². The summed E-state index contributed by atoms with van der Waals surface area (Å²) in [5.41, 5.74) is 2.69. The quantitative estimate of drug-likeness (QED) is 0.488. The van der Waals surface area contributed by atoms with Crippen molar-refractivity contribution >= 4 is 11.9 Å². The predicted octanol–water partition coefficient (Wildman–Crippen LogP) is 5.04. The minimum Gasteiger partial charge on any atom is -0.348 e. The van der Waals surface area contributed by atoms with E-state index < -0.39 is 17.8 Å². The molecule has 4 rings (SSSR count). The van der Waals surface area contributed by atoms with E-state index in [0.29, 0.717) is 41.0 Å². The van der Waals surface area contributed by atoms with Gasteiger partial charge in [-0.2, -0.15) is 17.8 Å². The molecule has 7 nitrogen and oxygen atoms in total. The van der Waals surface area contributed by atoms with Crippen molar-refractivity contribution in [1.29, 1.82) is 0 Å². The third-order valence-electron chi connectivity index (χ3n) is 6.73. The molecule has 2 aromatic carbocycles. The second-order valence-corrected chi connectivity index (χ2v) is 9.57. The van der Waals surface area contributed by atoms with E-state index in [2.05, 4.69) is 11.9 Å². The third kappa shape index (κ3) is 5.44. The second-order valence-electron chi connectivity index (χ2n) is 9.57. The number of aryl methyl sites for hydroxylation is 1. The number of aromatic nitrogens is 2. The first-order valence-electron chi connectivity index (χ1n) is 12.2. The monoisotopic (exact) mass is 525 g/mol. The van der Waals surface area contributed by atoms with Gasteiger partial charge in [0.1, 0.15) is 0 Å². The topological polar surface area (TPSA) is 70.5 Å². The maximum Gasteiger partial charge on any atom is 0.416 e. The summed E-state index contributed by atoms with van der Waals surface area (Å²) in [5, 5.41) is 4.74. The smallest absolute Gasteiger partial charge is 0.348 e. The van der Waals surface area contributed by atoms with E-state index in [-0.39, 0.29) is 24.0 Å². The molecule has 0 fully saturated rings. The number of fused-ring (bicyclic) bond motifs is 1. The maximum atomic E-state index is 13.7. The van der Waals surface area contributed by atoms with E-state index in [4.69, 9.17) is 4.98 Å². The van der Waals surface area contributed by atoms with Gasteiger partial charge in [0.05, 0.1) is 29.4 Å². The molecule has 1 aromatic heterocycles. The molecule has 0 aliphatic carbocycles. The summed E-state index contributed by atoms with van der Waals surface area (Å²) in [6.07, 6.45) is -4.03. The van der Waals surface area contributed by atoms with Gasteiger partial charge in [0.25, 0.3) is 11.5 Å². The second kappa shape index (κ2) is 10.4. The van der Waals surface area contributed by atoms with Gasteiger partial charge in [0.2, 0.25) is 5.95 Å². The molecule has 0 saturated heterocycles. The largest absolute Gasteiger partial charge is 0.416 e. The molecule has 10 heteroatoms. The lowest BCUT2D eigenvalue weighted by Crippen LogP contribution is -2.46. The predicted molar refractivity (Wildman–Crippen MR) is 141 cm³/mol. The molecule has 0 saturated carbocycles. The summed E-state index contributed by atoms with van der Waals surface area (Å²) in [5.74, 6) is 0.0814. The van der Waals surface area contributed by atoms with E-state index in [0.717, 1.165) is 17.7 Å². The van der Waals surface area contributed by atoms with E-state index in [1.165, 1.54) is 16.8 Å². The van der Waals surface area contributed by atoms with Gasteiger partial charge in [0, 0.05) is 31.3 Å². The Kier molecular flexibility index (Phi) is 7.35. The molecule has 1 atom stereocenters. The highest BCUT2D eigenvalue weighted by Gasteiger charge is 2.31. The molecule has 1 amide bonds. The van der Waals surface area contributed by atoms with Crippen LogP contribution in [0.4, 0.5) is 19.1 Å². The van der Waals surface area contributed by atoms with Crippen LogP contribution in [0.3, 0.4) is 0 Å². The molecule has 1 aliphatic rings. The number of nitrogens with one attached hydrogen (secondary N) is 1. The average Bonchev–Trinajstić information content (AvgIpc) is 2.88. The summed E-state index contributed by atoms with van der Waals surface area (Å²) >= 11 is 0. The van der Waals surface area contributed by atoms with Gasteiger partial charge in [-0.15, -0.1) is 0 Å². The third-order valence-corrected chi connectivity index (χ3v) is 6.73. The van der Waals surface area contributed by atoms with Crippen molar-refractivity contribution in [2.45, 2.75) is 46.0 Å². The molecule has 0 bridgehead atoms. The lowest BCUT2D eigenvalue weighted by molar-refractivity contribution is -0.137. The zero-order chi connectivity index (χ0) is 27.8. The molecular weight excluding hydrogens is 495 g/mol. The number of benzene rings is 2. The standard InChI is InChI=1S/C28H30F3N5O2/c1-17(2)34(5)36-26(38)23-16-35(25(37)21-8-6-18(3)7-9-21)15-14-24(23)33-27(36)32-19(4)20-10-12-22(13-11-20)28(29,30)31/h6-13,19H,1,14-16H2,2-5H3,(H,32,33). The van der Waals surface area contributed by atoms with Crippen LogP contribution in [0.25, 0.3) is 0 Å². The van der Waals surface area contributed by atoms with Crippen LogP contribution in [0.5, 0.6) is 0 Å². The maximum absolute atomic E-state index is 13.7. The number of carbonyl (C=O) groups is 1. The van der Waals surface area contributed by atoms with Crippen molar-refractivity contribution < 1.29 is 18.0 Å². The first-order valence-corrected chi connectivity index (χ1v) is 12.2. The fourth-order valence-electron chi connectivity index (χ4n) is 4.30. The Morgan fingerprint density at radius 3 is 2.34 bits per heavy atom. The lowest BCUT2D eigenvalue weighted by atomic mass is 10.0. The van der Waals surface area contributed by atoms with Crippen LogP contribution < -0.4 is 15.9 Å². The molecule has 3 aromatic rings. The molecule has 0 radical (unpaired) electrons. The Hall–Kier alpha value is -4.08. The molecule has 1 N–H and O–H groups in total. The van der Waals surface area contributed by atoms with Crippen LogP contribution in [-0.4, -0.2) is 34.1 Å². The normalized spacial score (nSPS) is 14.0. The highest BCUT2D eigenvalue weighted by Crippen LogP contribution is 2.30. The lowest BCUT2D eigenvalue weighted by Gasteiger charge is -2.32. The zero-order valence-corrected chi connectivity index (χ0v) is 21.8. The summed E-state index contributed by atoms with van der Waals surface area (Å²) < 4.78 is 40.3. The molecule has 1 unspecified atom stereocenters. The first kappa shape index (κ1) is 27.0. The number of hydrogen-bond donors (Lipinski definition) is 1. The van der Waals surface area contributed by atoms with Gasteiger partial charge >= 0.3 is 6.18 Å². The Morgan fingerprint density at radius 2 is 1.76 bits per heavy atom. The summed E-state index contributed by atoms with van der Waals surface area (Å²) in [6, 6.07) is 11.7. The number of hydrogen-bond acceptors (Lipinski definition) is 5. The van der Waals surface area contributed by atoms with Crippen LogP contribution in [0, 0.1) is 6.92 Å². The number of amides is 1. The summed E-state index contributed by atoms with van der Waals surface area (Å²) in [4.78, 5) is 33.2. The molecule has 2 heterocycles. The average molecular weight is 526 g/mol. The van der Waals surface area contributed by atoms with Crippen LogP contribution in [0.2, 0.25) is 0 Å². The first-order chi connectivity index (χ1) is 17.9. The fraction of sp³-hybridized carbons (Fsp3) is 0.321. The summed E-state index contributed by atoms with van der Waals surface area (Å²) in [6.45, 7) is 9.91. The number of rotatable bonds is 6. The number of nitrogens with zero attached hydrogens (tertiary/aromatic N) is 4. The van der Waals surface area contributed by atoms with Crippen molar-refractivity contribution in [3.63, 3.8) is 0 Å². The molecule has 1 aliphatic heterocycles. The van der Waals surface area contributed by atoms with Crippen LogP contribution in [-0.2, 0) is 19.1 Å². The van der Waals surface area contributed by atoms with Crippen molar-refractivity contribution in [1.82, 2.24) is 14.6 Å². The number of halogens is 3. The zero-order valence-electron chi connectivity index (χ0n) is 21.8. The van der Waals surface area contributed by atoms with Crippen LogP contribution in [0.1, 0.15) is 58.2 Å². The SMILES string of the molecule is C=C(C)N(C)n1c(NC(C)c2ccc(C(F)(F)F)cc2)nc2c(c1=O)CN(C(=O)c1ccc(C)cc1)CC2. The molecule has 0 spiro atoms. The minimum absolute atomic E-state index is 0.118. The van der Waals surface area contributed by atoms with Gasteiger partial charge in [0.15, 0.2) is 0 Å². The number of alkyl halides is 3. The van der Waals surface area contributed by atoms with Gasteiger partial charge in [-0.25, -0.2) is 4.98 Å². The fourth-order valence-corrected chi connectivity index (χ4v) is 4.30. The Morgan fingerprint density at radius 1 is 1.13 bits per heavy atom. The Balaban J connectivity index is 1.66. The summed E-state index contributed by atoms with van der Waals surface area (Å²) in [7, 11) is 1.67. The van der Waals surface area contributed by atoms with Gasteiger partial charge in [-0.05, 0) is 50.6 Å². The number of anilines is 1. The van der Waals surface area contributed by atoms with Crippen molar-refractivity contribution in [3.05, 3.63) is 105 Å². The van der Waals surface area contributed by atoms with Gasteiger partial charge in [-0.1, -0.05) is 36.4 Å².